The Morgan fingerprint density at radius 3 is 1.76 bits per heavy atom. The second-order valence-electron chi connectivity index (χ2n) is 14.6. The molecule has 2 aromatic rings. The standard InChI is InChI=1S/C38H59N11O11S2/c1-20(2)11-26(37(58)49-29(19-62)38(59)60)48-36(57)25(9-5-6-10-39)45-30(51)15-44-35(56)28(17-50)47-32(53)16-43-34(55)27(46-31(52)14-42-33(54)23(40)18-61)12-21-13-41-24-8-4-3-7-22(21)24/h3-4,7-8,13,20,23,25-29,41,50,61-62H,5-6,9-12,14-19,39-40H2,1-2H3,(H,42,54)(H,43,55)(H,44,56)(H,45,51)(H,46,52)(H,47,53)(H,48,57)(H,49,58)(H,59,60). The van der Waals surface area contributed by atoms with Crippen molar-refractivity contribution in [1.82, 2.24) is 47.5 Å². The Balaban J connectivity index is 2.04. The fourth-order valence-electron chi connectivity index (χ4n) is 5.82. The van der Waals surface area contributed by atoms with Gasteiger partial charge in [-0.05, 0) is 49.8 Å². The first-order valence-electron chi connectivity index (χ1n) is 19.8. The number of nitrogens with two attached hydrogens (primary N) is 2. The van der Waals surface area contributed by atoms with Crippen molar-refractivity contribution in [3.8, 4) is 0 Å². The number of aromatic nitrogens is 1. The monoisotopic (exact) mass is 909 g/mol. The Morgan fingerprint density at radius 2 is 1.21 bits per heavy atom. The van der Waals surface area contributed by atoms with Gasteiger partial charge in [0, 0.05) is 35.0 Å². The van der Waals surface area contributed by atoms with E-state index in [4.69, 9.17) is 11.5 Å². The predicted octanol–water partition coefficient (Wildman–Crippen LogP) is -4.08. The summed E-state index contributed by atoms with van der Waals surface area (Å²) in [6.07, 6.45) is 2.78. The number of rotatable bonds is 28. The molecule has 62 heavy (non-hydrogen) atoms. The SMILES string of the molecule is CC(C)CC(NC(=O)C(CCCCN)NC(=O)CNC(=O)C(CO)NC(=O)CNC(=O)C(Cc1c[nH]c2ccccc12)NC(=O)CNC(=O)C(N)CS)C(=O)NC(CS)C(=O)O. The lowest BCUT2D eigenvalue weighted by Crippen LogP contribution is -2.57. The van der Waals surface area contributed by atoms with Crippen LogP contribution in [0.5, 0.6) is 0 Å². The third-order valence-electron chi connectivity index (χ3n) is 9.12. The number of carbonyl (C=O) groups is 9. The van der Waals surface area contributed by atoms with Gasteiger partial charge in [-0.3, -0.25) is 38.4 Å². The zero-order valence-corrected chi connectivity index (χ0v) is 36.3. The summed E-state index contributed by atoms with van der Waals surface area (Å²) in [5, 5.41) is 39.2. The lowest BCUT2D eigenvalue weighted by molar-refractivity contribution is -0.141. The molecule has 1 aromatic heterocycles. The van der Waals surface area contributed by atoms with Crippen LogP contribution < -0.4 is 54.0 Å². The molecule has 0 fully saturated rings. The highest BCUT2D eigenvalue weighted by Crippen LogP contribution is 2.19. The molecule has 22 nitrogen and oxygen atoms in total. The molecule has 0 bridgehead atoms. The van der Waals surface area contributed by atoms with E-state index in [9.17, 15) is 53.4 Å². The van der Waals surface area contributed by atoms with E-state index in [1.165, 1.54) is 0 Å². The number of para-hydroxylation sites is 1. The molecular formula is C38H59N11O11S2. The number of nitrogens with one attached hydrogen (secondary N) is 9. The van der Waals surface area contributed by atoms with Gasteiger partial charge in [-0.2, -0.15) is 25.3 Å². The fraction of sp³-hybridized carbons (Fsp3) is 0.553. The summed E-state index contributed by atoms with van der Waals surface area (Å²) in [5.74, 6) is -7.95. The van der Waals surface area contributed by atoms with E-state index >= 15 is 0 Å². The van der Waals surface area contributed by atoms with Crippen LogP contribution in [0.1, 0.15) is 45.1 Å². The van der Waals surface area contributed by atoms with Crippen molar-refractivity contribution in [2.24, 2.45) is 17.4 Å². The van der Waals surface area contributed by atoms with Gasteiger partial charge < -0.3 is 69.2 Å². The van der Waals surface area contributed by atoms with Crippen LogP contribution in [0, 0.1) is 5.92 Å². The Kier molecular flexibility index (Phi) is 23.4. The lowest BCUT2D eigenvalue weighted by Gasteiger charge is -2.25. The number of hydrogen-bond donors (Lipinski definition) is 15. The van der Waals surface area contributed by atoms with Crippen LogP contribution >= 0.6 is 25.3 Å². The number of fused-ring (bicyclic) bond motifs is 1. The first-order chi connectivity index (χ1) is 29.4. The molecule has 6 unspecified atom stereocenters. The van der Waals surface area contributed by atoms with Crippen molar-refractivity contribution >= 4 is 89.4 Å². The minimum Gasteiger partial charge on any atom is -0.480 e. The van der Waals surface area contributed by atoms with Crippen molar-refractivity contribution in [1.29, 1.82) is 0 Å². The van der Waals surface area contributed by atoms with Gasteiger partial charge in [-0.1, -0.05) is 32.0 Å². The molecule has 8 amide bonds. The summed E-state index contributed by atoms with van der Waals surface area (Å²) in [6, 6.07) is -0.188. The first kappa shape index (κ1) is 52.7. The van der Waals surface area contributed by atoms with E-state index in [1.807, 2.05) is 18.2 Å². The third-order valence-corrected chi connectivity index (χ3v) is 9.88. The molecule has 1 aromatic carbocycles. The summed E-state index contributed by atoms with van der Waals surface area (Å²) >= 11 is 7.90. The largest absolute Gasteiger partial charge is 0.480 e. The maximum Gasteiger partial charge on any atom is 0.327 e. The molecule has 0 radical (unpaired) electrons. The second kappa shape index (κ2) is 27.5. The Bertz CT molecular complexity index is 1870. The topological polar surface area (TPSA) is 358 Å². The van der Waals surface area contributed by atoms with E-state index in [2.05, 4.69) is 72.8 Å². The average Bonchev–Trinajstić information content (AvgIpc) is 3.65. The number of carboxylic acids is 1. The minimum atomic E-state index is -1.58. The van der Waals surface area contributed by atoms with E-state index < -0.39 is 116 Å². The first-order valence-corrected chi connectivity index (χ1v) is 21.1. The maximum atomic E-state index is 13.4. The fourth-order valence-corrected chi connectivity index (χ4v) is 6.23. The summed E-state index contributed by atoms with van der Waals surface area (Å²) in [6.45, 7) is 1.08. The van der Waals surface area contributed by atoms with Crippen LogP contribution in [0.4, 0.5) is 0 Å². The maximum absolute atomic E-state index is 13.4. The van der Waals surface area contributed by atoms with Gasteiger partial charge in [0.2, 0.25) is 47.3 Å². The summed E-state index contributed by atoms with van der Waals surface area (Å²) in [7, 11) is 0. The molecule has 0 aliphatic rings. The van der Waals surface area contributed by atoms with E-state index in [0.717, 1.165) is 10.9 Å². The van der Waals surface area contributed by atoms with E-state index in [0.29, 0.717) is 24.9 Å². The summed E-state index contributed by atoms with van der Waals surface area (Å²) in [4.78, 5) is 118. The highest BCUT2D eigenvalue weighted by molar-refractivity contribution is 7.80. The van der Waals surface area contributed by atoms with Gasteiger partial charge in [-0.25, -0.2) is 4.79 Å². The van der Waals surface area contributed by atoms with Crippen LogP contribution in [0.15, 0.2) is 30.5 Å². The van der Waals surface area contributed by atoms with Gasteiger partial charge in [0.05, 0.1) is 32.3 Å². The van der Waals surface area contributed by atoms with Gasteiger partial charge in [0.1, 0.15) is 30.2 Å². The number of carboxylic acid groups (broad SMARTS) is 1. The number of aliphatic hydroxyl groups excluding tert-OH is 1. The number of amides is 8. The molecular weight excluding hydrogens is 851 g/mol. The Morgan fingerprint density at radius 1 is 0.677 bits per heavy atom. The molecule has 6 atom stereocenters. The lowest BCUT2D eigenvalue weighted by atomic mass is 10.0. The van der Waals surface area contributed by atoms with E-state index in [-0.39, 0.29) is 36.7 Å². The molecule has 0 saturated heterocycles. The van der Waals surface area contributed by atoms with Crippen LogP contribution in [0.25, 0.3) is 10.9 Å². The van der Waals surface area contributed by atoms with Crippen molar-refractivity contribution < 1.29 is 53.4 Å². The Hall–Kier alpha value is -5.43. The molecule has 0 aliphatic carbocycles. The molecule has 344 valence electrons. The number of thiol groups is 2. The summed E-state index contributed by atoms with van der Waals surface area (Å²) < 4.78 is 0. The van der Waals surface area contributed by atoms with Crippen molar-refractivity contribution in [2.45, 2.75) is 82.2 Å². The highest BCUT2D eigenvalue weighted by Gasteiger charge is 2.30. The number of H-pyrrole nitrogens is 1. The van der Waals surface area contributed by atoms with Crippen molar-refractivity contribution in [2.75, 3.05) is 44.3 Å². The zero-order valence-electron chi connectivity index (χ0n) is 34.5. The van der Waals surface area contributed by atoms with Gasteiger partial charge >= 0.3 is 5.97 Å². The molecule has 0 aliphatic heterocycles. The number of benzene rings is 1. The molecule has 2 rings (SSSR count). The zero-order chi connectivity index (χ0) is 46.4. The number of aliphatic hydroxyl groups is 1. The molecule has 15 N–H and O–H groups in total. The van der Waals surface area contributed by atoms with Gasteiger partial charge in [0.15, 0.2) is 0 Å². The number of aromatic amines is 1. The number of aliphatic carboxylic acids is 1. The number of unbranched alkanes of at least 4 members (excludes halogenated alkanes) is 1. The number of hydrogen-bond acceptors (Lipinski definition) is 14. The van der Waals surface area contributed by atoms with Crippen LogP contribution in [-0.4, -0.2) is 149 Å². The van der Waals surface area contributed by atoms with Gasteiger partial charge in [-0.15, -0.1) is 0 Å². The minimum absolute atomic E-state index is 0.0237. The van der Waals surface area contributed by atoms with Gasteiger partial charge in [0.25, 0.3) is 0 Å². The average molecular weight is 910 g/mol. The molecule has 1 heterocycles. The van der Waals surface area contributed by atoms with Crippen LogP contribution in [-0.2, 0) is 49.6 Å². The Labute approximate surface area is 369 Å². The normalized spacial score (nSPS) is 13.9. The quantitative estimate of drug-likeness (QED) is 0.0286. The second-order valence-corrected chi connectivity index (χ2v) is 15.3. The predicted molar refractivity (Wildman–Crippen MR) is 233 cm³/mol. The number of carbonyl (C=O) groups excluding carboxylic acids is 8. The molecule has 0 spiro atoms. The smallest absolute Gasteiger partial charge is 0.327 e. The van der Waals surface area contributed by atoms with Crippen LogP contribution in [0.3, 0.4) is 0 Å². The highest BCUT2D eigenvalue weighted by atomic mass is 32.1. The van der Waals surface area contributed by atoms with Crippen LogP contribution in [0.2, 0.25) is 0 Å². The molecule has 0 saturated carbocycles. The summed E-state index contributed by atoms with van der Waals surface area (Å²) in [5.41, 5.74) is 12.7. The molecule has 24 heteroatoms. The van der Waals surface area contributed by atoms with Crippen molar-refractivity contribution in [3.63, 3.8) is 0 Å². The van der Waals surface area contributed by atoms with Crippen molar-refractivity contribution in [3.05, 3.63) is 36.0 Å². The van der Waals surface area contributed by atoms with E-state index in [1.54, 1.807) is 26.1 Å². The third kappa shape index (κ3) is 18.3.